The average Bonchev–Trinajstić information content (AvgIpc) is 2.71. The smallest absolute Gasteiger partial charge is 0.235 e. The van der Waals surface area contributed by atoms with Crippen LogP contribution in [0.4, 0.5) is 5.69 Å². The van der Waals surface area contributed by atoms with E-state index in [-0.39, 0.29) is 12.0 Å². The van der Waals surface area contributed by atoms with Crippen LogP contribution < -0.4 is 10.1 Å². The largest absolute Gasteiger partial charge is 0.490 e. The molecule has 150 valence electrons. The Labute approximate surface area is 168 Å². The molecule has 28 heavy (non-hydrogen) atoms. The van der Waals surface area contributed by atoms with Crippen LogP contribution in [0, 0.1) is 13.8 Å². The zero-order chi connectivity index (χ0) is 20.1. The highest BCUT2D eigenvalue weighted by molar-refractivity contribution is 5.99. The summed E-state index contributed by atoms with van der Waals surface area (Å²) in [5, 5.41) is 3.18. The summed E-state index contributed by atoms with van der Waals surface area (Å²) >= 11 is 0. The Morgan fingerprint density at radius 3 is 2.32 bits per heavy atom. The van der Waals surface area contributed by atoms with Gasteiger partial charge in [0.2, 0.25) is 5.91 Å². The van der Waals surface area contributed by atoms with Crippen LogP contribution in [0.25, 0.3) is 0 Å². The fraction of sp³-hybridized carbons (Fsp3) is 0.458. The molecule has 0 saturated carbocycles. The molecule has 1 aliphatic heterocycles. The van der Waals surface area contributed by atoms with E-state index in [4.69, 9.17) is 9.47 Å². The Morgan fingerprint density at radius 2 is 1.75 bits per heavy atom. The van der Waals surface area contributed by atoms with Crippen LogP contribution in [0.2, 0.25) is 0 Å². The summed E-state index contributed by atoms with van der Waals surface area (Å²) in [6, 6.07) is 14.1. The fourth-order valence-corrected chi connectivity index (χ4v) is 3.87. The highest BCUT2D eigenvalue weighted by atomic mass is 16.5. The van der Waals surface area contributed by atoms with Gasteiger partial charge in [-0.2, -0.15) is 0 Å². The first-order chi connectivity index (χ1) is 13.5. The quantitative estimate of drug-likeness (QED) is 0.751. The van der Waals surface area contributed by atoms with E-state index in [0.29, 0.717) is 26.1 Å². The minimum Gasteiger partial charge on any atom is -0.490 e. The van der Waals surface area contributed by atoms with Crippen LogP contribution in [-0.2, 0) is 14.9 Å². The number of anilines is 1. The van der Waals surface area contributed by atoms with Gasteiger partial charge in [0.15, 0.2) is 0 Å². The molecule has 2 aromatic carbocycles. The van der Waals surface area contributed by atoms with Gasteiger partial charge in [0.1, 0.15) is 5.75 Å². The number of carbonyl (C=O) groups excluding carboxylic acids is 1. The summed E-state index contributed by atoms with van der Waals surface area (Å²) in [6.07, 6.45) is 2.51. The van der Waals surface area contributed by atoms with Crippen LogP contribution >= 0.6 is 0 Å². The van der Waals surface area contributed by atoms with Crippen LogP contribution in [0.1, 0.15) is 49.8 Å². The molecule has 0 radical (unpaired) electrons. The summed E-state index contributed by atoms with van der Waals surface area (Å²) in [5.74, 6) is 0.951. The number of amides is 1. The van der Waals surface area contributed by atoms with Gasteiger partial charge in [-0.1, -0.05) is 37.3 Å². The van der Waals surface area contributed by atoms with E-state index in [1.807, 2.05) is 56.3 Å². The maximum atomic E-state index is 13.4. The van der Waals surface area contributed by atoms with E-state index in [0.717, 1.165) is 34.5 Å². The number of carbonyl (C=O) groups is 1. The van der Waals surface area contributed by atoms with Gasteiger partial charge in [-0.05, 0) is 68.9 Å². The SMILES string of the molecule is CCC(C)Oc1c(C)cc(NC(=O)C2(c3ccccc3)CCOCC2)cc1C. The zero-order valence-electron chi connectivity index (χ0n) is 17.4. The molecule has 0 aliphatic carbocycles. The molecule has 1 heterocycles. The second-order valence-corrected chi connectivity index (χ2v) is 7.79. The maximum absolute atomic E-state index is 13.4. The fourth-order valence-electron chi connectivity index (χ4n) is 3.87. The van der Waals surface area contributed by atoms with E-state index < -0.39 is 5.41 Å². The average molecular weight is 382 g/mol. The van der Waals surface area contributed by atoms with Crippen molar-refractivity contribution in [2.24, 2.45) is 0 Å². The third kappa shape index (κ3) is 4.22. The van der Waals surface area contributed by atoms with Crippen molar-refractivity contribution >= 4 is 11.6 Å². The summed E-state index contributed by atoms with van der Waals surface area (Å²) in [7, 11) is 0. The highest BCUT2D eigenvalue weighted by Gasteiger charge is 2.41. The topological polar surface area (TPSA) is 47.6 Å². The Morgan fingerprint density at radius 1 is 1.14 bits per heavy atom. The lowest BCUT2D eigenvalue weighted by Gasteiger charge is -2.36. The minimum atomic E-state index is -0.548. The number of benzene rings is 2. The molecule has 4 heteroatoms. The van der Waals surface area contributed by atoms with E-state index >= 15 is 0 Å². The molecule has 3 rings (SSSR count). The molecule has 1 fully saturated rings. The molecule has 1 N–H and O–H groups in total. The Hall–Kier alpha value is -2.33. The normalized spacial score (nSPS) is 17.0. The molecule has 0 aromatic heterocycles. The summed E-state index contributed by atoms with van der Waals surface area (Å²) < 4.78 is 11.6. The van der Waals surface area contributed by atoms with Crippen LogP contribution in [0.3, 0.4) is 0 Å². The lowest BCUT2D eigenvalue weighted by molar-refractivity contribution is -0.125. The number of nitrogens with one attached hydrogen (secondary N) is 1. The molecule has 1 unspecified atom stereocenters. The molecule has 1 saturated heterocycles. The third-order valence-electron chi connectivity index (χ3n) is 5.72. The predicted molar refractivity (Wildman–Crippen MR) is 113 cm³/mol. The molecule has 1 aliphatic rings. The van der Waals surface area contributed by atoms with E-state index in [1.165, 1.54) is 0 Å². The number of ether oxygens (including phenoxy) is 2. The summed E-state index contributed by atoms with van der Waals surface area (Å²) in [5.41, 5.74) is 3.40. The van der Waals surface area contributed by atoms with E-state index in [1.54, 1.807) is 0 Å². The second-order valence-electron chi connectivity index (χ2n) is 7.79. The maximum Gasteiger partial charge on any atom is 0.235 e. The third-order valence-corrected chi connectivity index (χ3v) is 5.72. The molecule has 2 aromatic rings. The molecular weight excluding hydrogens is 350 g/mol. The lowest BCUT2D eigenvalue weighted by atomic mass is 9.73. The van der Waals surface area contributed by atoms with E-state index in [2.05, 4.69) is 19.2 Å². The van der Waals surface area contributed by atoms with Crippen molar-refractivity contribution in [1.29, 1.82) is 0 Å². The predicted octanol–water partition coefficient (Wildman–Crippen LogP) is 5.17. The zero-order valence-corrected chi connectivity index (χ0v) is 17.4. The van der Waals surface area contributed by atoms with Gasteiger partial charge in [-0.15, -0.1) is 0 Å². The van der Waals surface area contributed by atoms with Gasteiger partial charge < -0.3 is 14.8 Å². The van der Waals surface area contributed by atoms with E-state index in [9.17, 15) is 4.79 Å². The summed E-state index contributed by atoms with van der Waals surface area (Å²) in [6.45, 7) is 9.44. The molecule has 0 bridgehead atoms. The van der Waals surface area contributed by atoms with Crippen molar-refractivity contribution < 1.29 is 14.3 Å². The van der Waals surface area contributed by atoms with Crippen LogP contribution in [0.5, 0.6) is 5.75 Å². The number of hydrogen-bond donors (Lipinski definition) is 1. The highest BCUT2D eigenvalue weighted by Crippen LogP contribution is 2.37. The minimum absolute atomic E-state index is 0.0383. The first-order valence-corrected chi connectivity index (χ1v) is 10.2. The van der Waals surface area contributed by atoms with Crippen LogP contribution in [0.15, 0.2) is 42.5 Å². The van der Waals surface area contributed by atoms with Crippen molar-refractivity contribution in [1.82, 2.24) is 0 Å². The number of aryl methyl sites for hydroxylation is 2. The van der Waals surface area contributed by atoms with Crippen molar-refractivity contribution in [2.45, 2.75) is 58.5 Å². The van der Waals surface area contributed by atoms with Crippen molar-refractivity contribution in [3.8, 4) is 5.75 Å². The van der Waals surface area contributed by atoms with Crippen molar-refractivity contribution in [2.75, 3.05) is 18.5 Å². The lowest BCUT2D eigenvalue weighted by Crippen LogP contribution is -2.44. The van der Waals surface area contributed by atoms with Crippen LogP contribution in [-0.4, -0.2) is 25.2 Å². The number of rotatable bonds is 6. The number of hydrogen-bond acceptors (Lipinski definition) is 3. The van der Waals surface area contributed by atoms with Crippen molar-refractivity contribution in [3.63, 3.8) is 0 Å². The molecule has 4 nitrogen and oxygen atoms in total. The van der Waals surface area contributed by atoms with Gasteiger partial charge in [0.25, 0.3) is 0 Å². The van der Waals surface area contributed by atoms with Gasteiger partial charge >= 0.3 is 0 Å². The van der Waals surface area contributed by atoms with Gasteiger partial charge in [-0.25, -0.2) is 0 Å². The second kappa shape index (κ2) is 8.78. The standard InChI is InChI=1S/C24H31NO3/c1-5-19(4)28-22-17(2)15-21(16-18(22)3)25-23(26)24(11-13-27-14-12-24)20-9-7-6-8-10-20/h6-10,15-16,19H,5,11-14H2,1-4H3,(H,25,26). The molecule has 0 spiro atoms. The molecular formula is C24H31NO3. The monoisotopic (exact) mass is 381 g/mol. The van der Waals surface area contributed by atoms with Gasteiger partial charge in [0, 0.05) is 18.9 Å². The Bertz CT molecular complexity index is 787. The first-order valence-electron chi connectivity index (χ1n) is 10.2. The van der Waals surface area contributed by atoms with Gasteiger partial charge in [-0.3, -0.25) is 4.79 Å². The van der Waals surface area contributed by atoms with Crippen molar-refractivity contribution in [3.05, 3.63) is 59.2 Å². The first kappa shape index (κ1) is 20.4. The Kier molecular flexibility index (Phi) is 6.40. The Balaban J connectivity index is 1.86. The van der Waals surface area contributed by atoms with Gasteiger partial charge in [0.05, 0.1) is 11.5 Å². The summed E-state index contributed by atoms with van der Waals surface area (Å²) in [4.78, 5) is 13.4. The molecule has 1 atom stereocenters. The molecule has 1 amide bonds.